The van der Waals surface area contributed by atoms with Crippen LogP contribution >= 0.6 is 0 Å². The Bertz CT molecular complexity index is 809. The van der Waals surface area contributed by atoms with Crippen LogP contribution in [0.3, 0.4) is 0 Å². The first-order valence-electron chi connectivity index (χ1n) is 7.74. The molecule has 118 valence electrons. The first-order chi connectivity index (χ1) is 11.2. The van der Waals surface area contributed by atoms with E-state index in [1.54, 1.807) is 0 Å². The molecule has 1 aromatic carbocycles. The van der Waals surface area contributed by atoms with E-state index in [0.29, 0.717) is 11.8 Å². The minimum absolute atomic E-state index is 0.0470. The number of aromatic nitrogens is 5. The fourth-order valence-electron chi connectivity index (χ4n) is 2.91. The van der Waals surface area contributed by atoms with E-state index in [-0.39, 0.29) is 6.04 Å². The van der Waals surface area contributed by atoms with E-state index in [0.717, 1.165) is 36.8 Å². The van der Waals surface area contributed by atoms with E-state index in [1.165, 1.54) is 0 Å². The molecular formula is C16H18N6O. The van der Waals surface area contributed by atoms with Crippen molar-refractivity contribution in [3.05, 3.63) is 47.9 Å². The monoisotopic (exact) mass is 310 g/mol. The number of nitrogens with zero attached hydrogens (tertiary/aromatic N) is 6. The second-order valence-corrected chi connectivity index (χ2v) is 5.77. The van der Waals surface area contributed by atoms with E-state index in [1.807, 2.05) is 37.3 Å². The highest BCUT2D eigenvalue weighted by atomic mass is 16.4. The van der Waals surface area contributed by atoms with Gasteiger partial charge in [0.2, 0.25) is 11.8 Å². The number of rotatable bonds is 3. The Morgan fingerprint density at radius 1 is 1.04 bits per heavy atom. The van der Waals surface area contributed by atoms with Crippen LogP contribution in [0.25, 0.3) is 11.5 Å². The molecule has 0 saturated carbocycles. The molecule has 1 unspecified atom stereocenters. The third-order valence-corrected chi connectivity index (χ3v) is 4.33. The lowest BCUT2D eigenvalue weighted by atomic mass is 10.2. The molecule has 3 aromatic rings. The molecule has 4 rings (SSSR count). The zero-order chi connectivity index (χ0) is 15.8. The summed E-state index contributed by atoms with van der Waals surface area (Å²) in [4.78, 5) is 2.28. The second kappa shape index (κ2) is 5.58. The van der Waals surface area contributed by atoms with Crippen molar-refractivity contribution in [2.75, 3.05) is 6.54 Å². The SMILES string of the molecule is Cc1nnc2n1CCN(C(C)c1nnc(-c3ccccc3)o1)C2. The third-order valence-electron chi connectivity index (χ3n) is 4.33. The molecule has 1 aliphatic rings. The van der Waals surface area contributed by atoms with Gasteiger partial charge in [0.05, 0.1) is 12.6 Å². The van der Waals surface area contributed by atoms with E-state index >= 15 is 0 Å². The molecule has 7 heteroatoms. The van der Waals surface area contributed by atoms with Crippen LogP contribution in [0.2, 0.25) is 0 Å². The predicted molar refractivity (Wildman–Crippen MR) is 83.3 cm³/mol. The summed E-state index contributed by atoms with van der Waals surface area (Å²) in [5, 5.41) is 16.8. The summed E-state index contributed by atoms with van der Waals surface area (Å²) in [5.74, 6) is 3.15. The largest absolute Gasteiger partial charge is 0.419 e. The van der Waals surface area contributed by atoms with Crippen LogP contribution in [-0.4, -0.2) is 36.4 Å². The van der Waals surface area contributed by atoms with Gasteiger partial charge in [-0.3, -0.25) is 4.90 Å². The Balaban J connectivity index is 1.54. The fraction of sp³-hybridized carbons (Fsp3) is 0.375. The van der Waals surface area contributed by atoms with E-state index in [4.69, 9.17) is 4.42 Å². The van der Waals surface area contributed by atoms with Crippen LogP contribution in [0.15, 0.2) is 34.7 Å². The van der Waals surface area contributed by atoms with Crippen molar-refractivity contribution in [1.29, 1.82) is 0 Å². The van der Waals surface area contributed by atoms with Crippen molar-refractivity contribution in [1.82, 2.24) is 29.9 Å². The first-order valence-corrected chi connectivity index (χ1v) is 7.74. The zero-order valence-electron chi connectivity index (χ0n) is 13.2. The minimum atomic E-state index is 0.0470. The van der Waals surface area contributed by atoms with Crippen LogP contribution < -0.4 is 0 Å². The minimum Gasteiger partial charge on any atom is -0.419 e. The molecule has 7 nitrogen and oxygen atoms in total. The van der Waals surface area contributed by atoms with Gasteiger partial charge in [0.15, 0.2) is 0 Å². The van der Waals surface area contributed by atoms with Gasteiger partial charge in [-0.05, 0) is 26.0 Å². The van der Waals surface area contributed by atoms with Gasteiger partial charge in [0.25, 0.3) is 0 Å². The number of benzene rings is 1. The number of fused-ring (bicyclic) bond motifs is 1. The average molecular weight is 310 g/mol. The maximum atomic E-state index is 5.87. The molecule has 1 atom stereocenters. The van der Waals surface area contributed by atoms with E-state index < -0.39 is 0 Å². The quantitative estimate of drug-likeness (QED) is 0.738. The van der Waals surface area contributed by atoms with Gasteiger partial charge in [-0.15, -0.1) is 20.4 Å². The molecule has 0 N–H and O–H groups in total. The summed E-state index contributed by atoms with van der Waals surface area (Å²) in [6.07, 6.45) is 0. The number of hydrogen-bond acceptors (Lipinski definition) is 6. The molecule has 2 aromatic heterocycles. The summed E-state index contributed by atoms with van der Waals surface area (Å²) in [7, 11) is 0. The van der Waals surface area contributed by atoms with Crippen molar-refractivity contribution < 1.29 is 4.42 Å². The van der Waals surface area contributed by atoms with E-state index in [9.17, 15) is 0 Å². The normalized spacial score (nSPS) is 16.3. The Hall–Kier alpha value is -2.54. The Kier molecular flexibility index (Phi) is 3.42. The zero-order valence-corrected chi connectivity index (χ0v) is 13.2. The molecule has 3 heterocycles. The summed E-state index contributed by atoms with van der Waals surface area (Å²) in [5.41, 5.74) is 0.937. The third kappa shape index (κ3) is 2.53. The van der Waals surface area contributed by atoms with Crippen LogP contribution in [0, 0.1) is 6.92 Å². The lowest BCUT2D eigenvalue weighted by molar-refractivity contribution is 0.142. The topological polar surface area (TPSA) is 72.9 Å². The molecule has 0 radical (unpaired) electrons. The Morgan fingerprint density at radius 3 is 2.70 bits per heavy atom. The van der Waals surface area contributed by atoms with Crippen molar-refractivity contribution >= 4 is 0 Å². The lowest BCUT2D eigenvalue weighted by Crippen LogP contribution is -2.36. The van der Waals surface area contributed by atoms with Gasteiger partial charge in [-0.1, -0.05) is 18.2 Å². The summed E-state index contributed by atoms with van der Waals surface area (Å²) in [6, 6.07) is 9.87. The lowest BCUT2D eigenvalue weighted by Gasteiger charge is -2.30. The second-order valence-electron chi connectivity index (χ2n) is 5.77. The molecule has 0 aliphatic carbocycles. The molecule has 0 fully saturated rings. The molecule has 1 aliphatic heterocycles. The van der Waals surface area contributed by atoms with Gasteiger partial charge in [-0.2, -0.15) is 0 Å². The maximum Gasteiger partial charge on any atom is 0.247 e. The maximum absolute atomic E-state index is 5.87. The molecule has 0 bridgehead atoms. The van der Waals surface area contributed by atoms with Crippen molar-refractivity contribution in [2.24, 2.45) is 0 Å². The average Bonchev–Trinajstić information content (AvgIpc) is 3.22. The smallest absolute Gasteiger partial charge is 0.247 e. The first kappa shape index (κ1) is 14.1. The molecule has 0 spiro atoms. The highest BCUT2D eigenvalue weighted by Crippen LogP contribution is 2.26. The van der Waals surface area contributed by atoms with Crippen LogP contribution in [0.5, 0.6) is 0 Å². The predicted octanol–water partition coefficient (Wildman–Crippen LogP) is 2.21. The van der Waals surface area contributed by atoms with Crippen LogP contribution in [-0.2, 0) is 13.1 Å². The van der Waals surface area contributed by atoms with Crippen LogP contribution in [0.4, 0.5) is 0 Å². The highest BCUT2D eigenvalue weighted by molar-refractivity contribution is 5.51. The van der Waals surface area contributed by atoms with Gasteiger partial charge in [0.1, 0.15) is 11.6 Å². The number of aryl methyl sites for hydroxylation is 1. The Morgan fingerprint density at radius 2 is 1.87 bits per heavy atom. The summed E-state index contributed by atoms with van der Waals surface area (Å²) >= 11 is 0. The Labute approximate surface area is 134 Å². The fourth-order valence-corrected chi connectivity index (χ4v) is 2.91. The van der Waals surface area contributed by atoms with E-state index in [2.05, 4.69) is 36.8 Å². The van der Waals surface area contributed by atoms with Crippen LogP contribution in [0.1, 0.15) is 30.5 Å². The molecule has 0 amide bonds. The summed E-state index contributed by atoms with van der Waals surface area (Å²) in [6.45, 7) is 6.61. The van der Waals surface area contributed by atoms with Crippen molar-refractivity contribution in [3.8, 4) is 11.5 Å². The van der Waals surface area contributed by atoms with Gasteiger partial charge < -0.3 is 8.98 Å². The van der Waals surface area contributed by atoms with Gasteiger partial charge >= 0.3 is 0 Å². The highest BCUT2D eigenvalue weighted by Gasteiger charge is 2.27. The van der Waals surface area contributed by atoms with Gasteiger partial charge in [0, 0.05) is 18.7 Å². The number of hydrogen-bond donors (Lipinski definition) is 0. The molecule has 23 heavy (non-hydrogen) atoms. The standard InChI is InChI=1S/C16H18N6O/c1-11(21-8-9-22-12(2)17-18-14(22)10-21)15-19-20-16(23-15)13-6-4-3-5-7-13/h3-7,11H,8-10H2,1-2H3. The van der Waals surface area contributed by atoms with Crippen molar-refractivity contribution in [2.45, 2.75) is 33.0 Å². The van der Waals surface area contributed by atoms with Gasteiger partial charge in [-0.25, -0.2) is 0 Å². The summed E-state index contributed by atoms with van der Waals surface area (Å²) < 4.78 is 8.03. The molecule has 0 saturated heterocycles. The molecular weight excluding hydrogens is 292 g/mol. The van der Waals surface area contributed by atoms with Crippen molar-refractivity contribution in [3.63, 3.8) is 0 Å².